The number of allylic oxidation sites excluding steroid dienone is 1. The van der Waals surface area contributed by atoms with E-state index in [4.69, 9.17) is 19.9 Å². The summed E-state index contributed by atoms with van der Waals surface area (Å²) in [6.45, 7) is 2.11. The molecular weight excluding hydrogens is 452 g/mol. The second kappa shape index (κ2) is 9.00. The molecule has 0 unspecified atom stereocenters. The van der Waals surface area contributed by atoms with Gasteiger partial charge in [-0.15, -0.1) is 5.10 Å². The molecule has 0 bridgehead atoms. The highest BCUT2D eigenvalue weighted by Crippen LogP contribution is 2.47. The van der Waals surface area contributed by atoms with Gasteiger partial charge in [-0.1, -0.05) is 6.07 Å². The number of hydrogen-bond donors (Lipinski definition) is 2. The van der Waals surface area contributed by atoms with Crippen molar-refractivity contribution in [3.63, 3.8) is 0 Å². The third-order valence-corrected chi connectivity index (χ3v) is 6.20. The number of nitro benzene ring substituents is 1. The van der Waals surface area contributed by atoms with Crippen LogP contribution >= 0.6 is 0 Å². The summed E-state index contributed by atoms with van der Waals surface area (Å²) in [6, 6.07) is 14.4. The number of ether oxygens (including phenoxy) is 3. The van der Waals surface area contributed by atoms with Gasteiger partial charge in [-0.05, 0) is 35.9 Å². The van der Waals surface area contributed by atoms with Gasteiger partial charge in [0.1, 0.15) is 23.1 Å². The van der Waals surface area contributed by atoms with Crippen LogP contribution in [0.2, 0.25) is 0 Å². The van der Waals surface area contributed by atoms with E-state index in [1.54, 1.807) is 31.4 Å². The molecule has 1 fully saturated rings. The summed E-state index contributed by atoms with van der Waals surface area (Å²) < 4.78 is 16.3. The van der Waals surface area contributed by atoms with Crippen LogP contribution in [0.1, 0.15) is 17.0 Å². The summed E-state index contributed by atoms with van der Waals surface area (Å²) in [4.78, 5) is 13.6. The molecule has 3 heterocycles. The molecule has 3 aromatic rings. The summed E-state index contributed by atoms with van der Waals surface area (Å²) in [5.74, 6) is 0.109. The number of rotatable bonds is 5. The summed E-state index contributed by atoms with van der Waals surface area (Å²) >= 11 is 0. The van der Waals surface area contributed by atoms with Crippen molar-refractivity contribution in [3.05, 3.63) is 75.2 Å². The minimum absolute atomic E-state index is 0.0530. The van der Waals surface area contributed by atoms with Crippen LogP contribution in [0, 0.1) is 21.4 Å². The molecule has 1 aromatic heterocycles. The molecule has 11 nitrogen and oxygen atoms in total. The van der Waals surface area contributed by atoms with E-state index in [-0.39, 0.29) is 23.0 Å². The average Bonchev–Trinajstić information content (AvgIpc) is 3.31. The van der Waals surface area contributed by atoms with E-state index >= 15 is 0 Å². The Hall–Kier alpha value is -4.56. The van der Waals surface area contributed by atoms with Crippen molar-refractivity contribution in [1.82, 2.24) is 10.2 Å². The van der Waals surface area contributed by atoms with Crippen molar-refractivity contribution in [2.24, 2.45) is 5.73 Å². The Balaban J connectivity index is 1.65. The molecule has 0 saturated carbocycles. The van der Waals surface area contributed by atoms with Gasteiger partial charge < -0.3 is 24.8 Å². The number of anilines is 1. The molecule has 0 radical (unpaired) electrons. The first-order chi connectivity index (χ1) is 17.0. The smallest absolute Gasteiger partial charge is 0.292 e. The van der Waals surface area contributed by atoms with Crippen molar-refractivity contribution in [2.45, 2.75) is 5.92 Å². The zero-order valence-electron chi connectivity index (χ0n) is 18.9. The van der Waals surface area contributed by atoms with Gasteiger partial charge in [0.2, 0.25) is 11.8 Å². The molecule has 5 rings (SSSR count). The highest BCUT2D eigenvalue weighted by Gasteiger charge is 2.37. The van der Waals surface area contributed by atoms with E-state index < -0.39 is 10.8 Å². The minimum Gasteiger partial charge on any atom is -0.497 e. The minimum atomic E-state index is -0.711. The lowest BCUT2D eigenvalue weighted by molar-refractivity contribution is -0.384. The van der Waals surface area contributed by atoms with Crippen LogP contribution in [-0.4, -0.2) is 48.5 Å². The molecule has 0 amide bonds. The van der Waals surface area contributed by atoms with Gasteiger partial charge in [0, 0.05) is 24.7 Å². The Kier molecular flexibility index (Phi) is 5.72. The van der Waals surface area contributed by atoms with Crippen LogP contribution in [-0.2, 0) is 4.74 Å². The number of hydrogen-bond acceptors (Lipinski definition) is 9. The van der Waals surface area contributed by atoms with Crippen molar-refractivity contribution >= 4 is 11.4 Å². The van der Waals surface area contributed by atoms with Gasteiger partial charge in [-0.2, -0.15) is 5.26 Å². The van der Waals surface area contributed by atoms with E-state index in [0.717, 1.165) is 5.56 Å². The fraction of sp³-hybridized carbons (Fsp3) is 0.250. The maximum atomic E-state index is 12.1. The number of nitrogens with two attached hydrogens (primary N) is 1. The number of nitro groups is 1. The van der Waals surface area contributed by atoms with Crippen LogP contribution < -0.4 is 20.1 Å². The standard InChI is InChI=1S/C24H22N6O5/c1-33-16-5-2-14(3-6-16)22-21-20(17(13-25)23(26)35-24(21)28-27-22)15-4-7-18(19(12-15)30(31)32)29-8-10-34-11-9-29/h2-7,12,20H,8-11,26H2,1H3,(H,27,28)/t20-/m1/s1. The second-order valence-electron chi connectivity index (χ2n) is 8.08. The lowest BCUT2D eigenvalue weighted by Crippen LogP contribution is -2.36. The highest BCUT2D eigenvalue weighted by atomic mass is 16.6. The van der Waals surface area contributed by atoms with E-state index in [0.29, 0.717) is 54.6 Å². The van der Waals surface area contributed by atoms with E-state index in [2.05, 4.69) is 16.3 Å². The van der Waals surface area contributed by atoms with Crippen LogP contribution in [0.25, 0.3) is 11.3 Å². The van der Waals surface area contributed by atoms with E-state index in [1.165, 1.54) is 6.07 Å². The molecule has 11 heteroatoms. The molecule has 2 aliphatic heterocycles. The van der Waals surface area contributed by atoms with Gasteiger partial charge in [-0.3, -0.25) is 15.2 Å². The topological polar surface area (TPSA) is 153 Å². The number of nitrogens with zero attached hydrogens (tertiary/aromatic N) is 4. The second-order valence-corrected chi connectivity index (χ2v) is 8.08. The Bertz CT molecular complexity index is 1350. The normalized spacial score (nSPS) is 17.4. The zero-order valence-corrected chi connectivity index (χ0v) is 18.9. The van der Waals surface area contributed by atoms with Gasteiger partial charge in [0.05, 0.1) is 42.4 Å². The van der Waals surface area contributed by atoms with Crippen LogP contribution in [0.5, 0.6) is 11.6 Å². The van der Waals surface area contributed by atoms with Crippen molar-refractivity contribution in [3.8, 4) is 29.0 Å². The fourth-order valence-electron chi connectivity index (χ4n) is 4.49. The number of fused-ring (bicyclic) bond motifs is 1. The summed E-state index contributed by atoms with van der Waals surface area (Å²) in [5, 5.41) is 29.2. The Morgan fingerprint density at radius 1 is 1.26 bits per heavy atom. The van der Waals surface area contributed by atoms with Crippen LogP contribution in [0.4, 0.5) is 11.4 Å². The number of benzene rings is 2. The first-order valence-corrected chi connectivity index (χ1v) is 10.9. The number of methoxy groups -OCH3 is 1. The molecule has 178 valence electrons. The number of morpholine rings is 1. The molecule has 2 aliphatic rings. The first-order valence-electron chi connectivity index (χ1n) is 10.9. The molecule has 1 saturated heterocycles. The van der Waals surface area contributed by atoms with Gasteiger partial charge in [-0.25, -0.2) is 0 Å². The van der Waals surface area contributed by atoms with E-state index in [1.807, 2.05) is 17.0 Å². The van der Waals surface area contributed by atoms with Crippen molar-refractivity contribution < 1.29 is 19.1 Å². The zero-order chi connectivity index (χ0) is 24.5. The number of aromatic amines is 1. The SMILES string of the molecule is COc1ccc(-c2[nH]nc3c2[C@H](c2ccc(N4CCOCC4)c([N+](=O)[O-])c2)C(C#N)=C(N)O3)cc1. The lowest BCUT2D eigenvalue weighted by atomic mass is 9.82. The number of H-pyrrole nitrogens is 1. The third kappa shape index (κ3) is 3.89. The van der Waals surface area contributed by atoms with Crippen LogP contribution in [0.3, 0.4) is 0 Å². The quantitative estimate of drug-likeness (QED) is 0.419. The highest BCUT2D eigenvalue weighted by molar-refractivity contribution is 5.73. The van der Waals surface area contributed by atoms with Crippen molar-refractivity contribution in [1.29, 1.82) is 5.26 Å². The predicted molar refractivity (Wildman–Crippen MR) is 126 cm³/mol. The predicted octanol–water partition coefficient (Wildman–Crippen LogP) is 3.05. The lowest BCUT2D eigenvalue weighted by Gasteiger charge is -2.29. The largest absolute Gasteiger partial charge is 0.497 e. The molecule has 2 aromatic carbocycles. The Morgan fingerprint density at radius 2 is 2.00 bits per heavy atom. The maximum absolute atomic E-state index is 12.1. The number of nitrogens with one attached hydrogen (secondary N) is 1. The molecule has 3 N–H and O–H groups in total. The first kappa shape index (κ1) is 22.2. The van der Waals surface area contributed by atoms with Crippen molar-refractivity contribution in [2.75, 3.05) is 38.3 Å². The van der Waals surface area contributed by atoms with Gasteiger partial charge in [0.25, 0.3) is 5.69 Å². The van der Waals surface area contributed by atoms with E-state index in [9.17, 15) is 15.4 Å². The van der Waals surface area contributed by atoms with Gasteiger partial charge in [0.15, 0.2) is 0 Å². The summed E-state index contributed by atoms with van der Waals surface area (Å²) in [5.41, 5.74) is 9.19. The number of aromatic nitrogens is 2. The monoisotopic (exact) mass is 474 g/mol. The number of nitriles is 1. The molecule has 1 atom stereocenters. The Labute approximate surface area is 200 Å². The van der Waals surface area contributed by atoms with Crippen LogP contribution in [0.15, 0.2) is 53.9 Å². The average molecular weight is 474 g/mol. The third-order valence-electron chi connectivity index (χ3n) is 6.20. The molecular formula is C24H22N6O5. The Morgan fingerprint density at radius 3 is 2.66 bits per heavy atom. The fourth-order valence-corrected chi connectivity index (χ4v) is 4.49. The summed E-state index contributed by atoms with van der Waals surface area (Å²) in [6.07, 6.45) is 0. The maximum Gasteiger partial charge on any atom is 0.292 e. The molecule has 0 aliphatic carbocycles. The summed E-state index contributed by atoms with van der Waals surface area (Å²) in [7, 11) is 1.58. The molecule has 0 spiro atoms. The molecule has 35 heavy (non-hydrogen) atoms. The van der Waals surface area contributed by atoms with Gasteiger partial charge >= 0.3 is 0 Å².